The predicted octanol–water partition coefficient (Wildman–Crippen LogP) is 0.395. The van der Waals surface area contributed by atoms with Gasteiger partial charge in [0.25, 0.3) is 0 Å². The van der Waals surface area contributed by atoms with Gasteiger partial charge in [0.1, 0.15) is 0 Å². The van der Waals surface area contributed by atoms with Crippen molar-refractivity contribution in [1.29, 1.82) is 0 Å². The van der Waals surface area contributed by atoms with Crippen molar-refractivity contribution in [3.63, 3.8) is 0 Å². The van der Waals surface area contributed by atoms with Crippen LogP contribution in [0.1, 0.15) is 26.7 Å². The van der Waals surface area contributed by atoms with Gasteiger partial charge < -0.3 is 14.7 Å². The molecule has 2 atom stereocenters. The number of carbonyl (C=O) groups excluding carboxylic acids is 1. The summed E-state index contributed by atoms with van der Waals surface area (Å²) in [6.45, 7) is 5.44. The van der Waals surface area contributed by atoms with Crippen molar-refractivity contribution in [3.05, 3.63) is 0 Å². The van der Waals surface area contributed by atoms with Crippen molar-refractivity contribution in [3.8, 4) is 0 Å². The summed E-state index contributed by atoms with van der Waals surface area (Å²) in [5.74, 6) is 0.178. The fourth-order valence-corrected chi connectivity index (χ4v) is 2.50. The Bertz CT molecular complexity index is 257. The van der Waals surface area contributed by atoms with Gasteiger partial charge in [0.05, 0.1) is 30.7 Å². The first-order valence-corrected chi connectivity index (χ1v) is 5.66. The molecule has 1 N–H and O–H groups in total. The van der Waals surface area contributed by atoms with Crippen LogP contribution in [0.25, 0.3) is 0 Å². The molecule has 2 unspecified atom stereocenters. The average Bonchev–Trinajstić information content (AvgIpc) is 2.60. The van der Waals surface area contributed by atoms with E-state index in [1.807, 2.05) is 6.92 Å². The molecule has 0 aromatic carbocycles. The minimum Gasteiger partial charge on any atom is -0.386 e. The van der Waals surface area contributed by atoms with E-state index in [-0.39, 0.29) is 17.9 Å². The average molecular weight is 213 g/mol. The Balaban J connectivity index is 1.91. The lowest BCUT2D eigenvalue weighted by Crippen LogP contribution is -2.63. The van der Waals surface area contributed by atoms with E-state index in [4.69, 9.17) is 4.74 Å². The van der Waals surface area contributed by atoms with Crippen LogP contribution in [0.4, 0.5) is 0 Å². The van der Waals surface area contributed by atoms with E-state index in [1.165, 1.54) is 0 Å². The quantitative estimate of drug-likeness (QED) is 0.722. The standard InChI is InChI=1S/C11H19NO3/c1-3-9-8(4-5-15-9)10(13)12-6-11(2,14)7-12/h8-9,14H,3-7H2,1-2H3. The fourth-order valence-electron chi connectivity index (χ4n) is 2.50. The molecular formula is C11H19NO3. The van der Waals surface area contributed by atoms with Crippen LogP contribution in [0.5, 0.6) is 0 Å². The highest BCUT2D eigenvalue weighted by Gasteiger charge is 2.44. The highest BCUT2D eigenvalue weighted by molar-refractivity contribution is 5.80. The molecule has 15 heavy (non-hydrogen) atoms. The number of β-amino-alcohol motifs (C(OH)–C–C–N with tert-alkyl or cyclic N) is 1. The number of hydrogen-bond acceptors (Lipinski definition) is 3. The third-order valence-corrected chi connectivity index (χ3v) is 3.30. The van der Waals surface area contributed by atoms with Gasteiger partial charge in [-0.3, -0.25) is 4.79 Å². The minimum absolute atomic E-state index is 0.0195. The number of carbonyl (C=O) groups is 1. The molecule has 2 aliphatic heterocycles. The summed E-state index contributed by atoms with van der Waals surface area (Å²) < 4.78 is 5.50. The first-order chi connectivity index (χ1) is 7.03. The zero-order valence-corrected chi connectivity index (χ0v) is 9.40. The number of rotatable bonds is 2. The molecule has 0 aromatic heterocycles. The van der Waals surface area contributed by atoms with E-state index in [9.17, 15) is 9.90 Å². The van der Waals surface area contributed by atoms with Gasteiger partial charge in [-0.2, -0.15) is 0 Å². The van der Waals surface area contributed by atoms with Crippen molar-refractivity contribution in [2.24, 2.45) is 5.92 Å². The number of hydrogen-bond donors (Lipinski definition) is 1. The van der Waals surface area contributed by atoms with Crippen LogP contribution in [0.15, 0.2) is 0 Å². The predicted molar refractivity (Wildman–Crippen MR) is 55.3 cm³/mol. The molecule has 0 spiro atoms. The number of likely N-dealkylation sites (tertiary alicyclic amines) is 1. The highest BCUT2D eigenvalue weighted by Crippen LogP contribution is 2.29. The fraction of sp³-hybridized carbons (Fsp3) is 0.909. The maximum Gasteiger partial charge on any atom is 0.228 e. The maximum absolute atomic E-state index is 12.0. The Hall–Kier alpha value is -0.610. The normalized spacial score (nSPS) is 33.9. The summed E-state index contributed by atoms with van der Waals surface area (Å²) in [4.78, 5) is 13.8. The van der Waals surface area contributed by atoms with Crippen LogP contribution in [-0.4, -0.2) is 47.3 Å². The van der Waals surface area contributed by atoms with Gasteiger partial charge in [0.2, 0.25) is 5.91 Å². The summed E-state index contributed by atoms with van der Waals surface area (Å²) in [5.41, 5.74) is -0.670. The van der Waals surface area contributed by atoms with Gasteiger partial charge >= 0.3 is 0 Å². The molecule has 2 heterocycles. The molecule has 0 bridgehead atoms. The van der Waals surface area contributed by atoms with Crippen LogP contribution in [0.2, 0.25) is 0 Å². The van der Waals surface area contributed by atoms with Crippen LogP contribution in [0.3, 0.4) is 0 Å². The van der Waals surface area contributed by atoms with E-state index >= 15 is 0 Å². The van der Waals surface area contributed by atoms with Crippen LogP contribution in [-0.2, 0) is 9.53 Å². The van der Waals surface area contributed by atoms with Crippen LogP contribution < -0.4 is 0 Å². The largest absolute Gasteiger partial charge is 0.386 e. The Morgan fingerprint density at radius 2 is 2.27 bits per heavy atom. The molecule has 2 aliphatic rings. The molecule has 4 nitrogen and oxygen atoms in total. The highest BCUT2D eigenvalue weighted by atomic mass is 16.5. The molecule has 2 fully saturated rings. The molecule has 2 rings (SSSR count). The van der Waals surface area contributed by atoms with E-state index < -0.39 is 5.60 Å². The van der Waals surface area contributed by atoms with Crippen molar-refractivity contribution in [2.45, 2.75) is 38.4 Å². The van der Waals surface area contributed by atoms with Crippen molar-refractivity contribution in [2.75, 3.05) is 19.7 Å². The molecule has 86 valence electrons. The van der Waals surface area contributed by atoms with Crippen LogP contribution >= 0.6 is 0 Å². The van der Waals surface area contributed by atoms with Crippen molar-refractivity contribution in [1.82, 2.24) is 4.90 Å². The van der Waals surface area contributed by atoms with Gasteiger partial charge in [-0.1, -0.05) is 6.92 Å². The maximum atomic E-state index is 12.0. The second-order valence-electron chi connectivity index (χ2n) is 4.90. The number of aliphatic hydroxyl groups is 1. The number of nitrogens with zero attached hydrogens (tertiary/aromatic N) is 1. The minimum atomic E-state index is -0.670. The molecule has 2 saturated heterocycles. The van der Waals surface area contributed by atoms with E-state index in [2.05, 4.69) is 0 Å². The molecule has 0 saturated carbocycles. The molecule has 0 aliphatic carbocycles. The smallest absolute Gasteiger partial charge is 0.228 e. The second-order valence-corrected chi connectivity index (χ2v) is 4.90. The van der Waals surface area contributed by atoms with Gasteiger partial charge in [-0.05, 0) is 19.8 Å². The SMILES string of the molecule is CCC1OCCC1C(=O)N1CC(C)(O)C1. The molecular weight excluding hydrogens is 194 g/mol. The zero-order chi connectivity index (χ0) is 11.1. The molecule has 0 aromatic rings. The molecule has 1 amide bonds. The van der Waals surface area contributed by atoms with Crippen LogP contribution in [0, 0.1) is 5.92 Å². The zero-order valence-electron chi connectivity index (χ0n) is 9.40. The molecule has 4 heteroatoms. The van der Waals surface area contributed by atoms with Gasteiger partial charge in [-0.25, -0.2) is 0 Å². The van der Waals surface area contributed by atoms with Crippen molar-refractivity contribution < 1.29 is 14.6 Å². The second kappa shape index (κ2) is 3.76. The van der Waals surface area contributed by atoms with E-state index in [0.29, 0.717) is 19.7 Å². The van der Waals surface area contributed by atoms with E-state index in [1.54, 1.807) is 11.8 Å². The first-order valence-electron chi connectivity index (χ1n) is 5.66. The summed E-state index contributed by atoms with van der Waals surface area (Å²) in [6, 6.07) is 0. The monoisotopic (exact) mass is 213 g/mol. The summed E-state index contributed by atoms with van der Waals surface area (Å²) >= 11 is 0. The summed E-state index contributed by atoms with van der Waals surface area (Å²) in [7, 11) is 0. The lowest BCUT2D eigenvalue weighted by Gasteiger charge is -2.45. The van der Waals surface area contributed by atoms with Gasteiger partial charge in [0.15, 0.2) is 0 Å². The number of amides is 1. The third-order valence-electron chi connectivity index (χ3n) is 3.30. The summed E-state index contributed by atoms with van der Waals surface area (Å²) in [5, 5.41) is 9.57. The lowest BCUT2D eigenvalue weighted by molar-refractivity contribution is -0.158. The topological polar surface area (TPSA) is 49.8 Å². The van der Waals surface area contributed by atoms with Crippen molar-refractivity contribution >= 4 is 5.91 Å². The lowest BCUT2D eigenvalue weighted by atomic mass is 9.91. The molecule has 0 radical (unpaired) electrons. The first kappa shape index (κ1) is 10.9. The summed E-state index contributed by atoms with van der Waals surface area (Å²) in [6.07, 6.45) is 1.81. The van der Waals surface area contributed by atoms with Gasteiger partial charge in [0, 0.05) is 6.61 Å². The Kier molecular flexibility index (Phi) is 2.73. The Morgan fingerprint density at radius 3 is 2.80 bits per heavy atom. The third kappa shape index (κ3) is 2.01. The van der Waals surface area contributed by atoms with Gasteiger partial charge in [-0.15, -0.1) is 0 Å². The van der Waals surface area contributed by atoms with E-state index in [0.717, 1.165) is 12.8 Å². The Morgan fingerprint density at radius 1 is 1.60 bits per heavy atom. The number of ether oxygens (including phenoxy) is 1. The Labute approximate surface area is 90.2 Å².